The van der Waals surface area contributed by atoms with E-state index in [1.54, 1.807) is 20.8 Å². The molecule has 0 aliphatic carbocycles. The molecule has 0 heterocycles. The number of halogens is 1. The van der Waals surface area contributed by atoms with Gasteiger partial charge in [-0.3, -0.25) is 4.79 Å². The summed E-state index contributed by atoms with van der Waals surface area (Å²) in [7, 11) is -4.13. The van der Waals surface area contributed by atoms with E-state index in [0.717, 1.165) is 12.1 Å². The van der Waals surface area contributed by atoms with E-state index in [0.29, 0.717) is 0 Å². The second kappa shape index (κ2) is 5.76. The van der Waals surface area contributed by atoms with Crippen molar-refractivity contribution < 1.29 is 17.6 Å². The molecule has 4 N–H and O–H groups in total. The SMILES string of the molecule is CC(C)(C)NC(=O)CNS(=O)(=O)c1cc(N)ccc1F. The zero-order valence-electron chi connectivity index (χ0n) is 11.5. The molecule has 0 aliphatic rings. The van der Waals surface area contributed by atoms with Crippen molar-refractivity contribution in [3.8, 4) is 0 Å². The minimum absolute atomic E-state index is 0.117. The lowest BCUT2D eigenvalue weighted by atomic mass is 10.1. The van der Waals surface area contributed by atoms with Crippen LogP contribution in [0.15, 0.2) is 23.1 Å². The molecule has 112 valence electrons. The van der Waals surface area contributed by atoms with Crippen molar-refractivity contribution in [2.45, 2.75) is 31.2 Å². The van der Waals surface area contributed by atoms with E-state index in [9.17, 15) is 17.6 Å². The molecule has 0 radical (unpaired) electrons. The van der Waals surface area contributed by atoms with Gasteiger partial charge in [0, 0.05) is 11.2 Å². The van der Waals surface area contributed by atoms with Gasteiger partial charge in [0.15, 0.2) is 0 Å². The minimum atomic E-state index is -4.13. The Morgan fingerprint density at radius 2 is 1.95 bits per heavy atom. The molecule has 0 saturated heterocycles. The van der Waals surface area contributed by atoms with Crippen LogP contribution in [0.5, 0.6) is 0 Å². The van der Waals surface area contributed by atoms with Gasteiger partial charge in [0.25, 0.3) is 0 Å². The number of rotatable bonds is 4. The molecule has 8 heteroatoms. The molecule has 0 aromatic heterocycles. The quantitative estimate of drug-likeness (QED) is 0.709. The maximum atomic E-state index is 13.5. The number of carbonyl (C=O) groups is 1. The van der Waals surface area contributed by atoms with Crippen LogP contribution < -0.4 is 15.8 Å². The number of anilines is 1. The Hall–Kier alpha value is -1.67. The summed E-state index contributed by atoms with van der Waals surface area (Å²) in [6, 6.07) is 3.21. The third-order valence-corrected chi connectivity index (χ3v) is 3.60. The third-order valence-electron chi connectivity index (χ3n) is 2.18. The van der Waals surface area contributed by atoms with E-state index in [2.05, 4.69) is 5.32 Å². The summed E-state index contributed by atoms with van der Waals surface area (Å²) in [4.78, 5) is 10.9. The van der Waals surface area contributed by atoms with Crippen LogP contribution in [0, 0.1) is 5.82 Å². The predicted octanol–water partition coefficient (Wildman–Crippen LogP) is 0.601. The van der Waals surface area contributed by atoms with Gasteiger partial charge >= 0.3 is 0 Å². The molecule has 6 nitrogen and oxygen atoms in total. The van der Waals surface area contributed by atoms with Crippen molar-refractivity contribution in [1.82, 2.24) is 10.0 Å². The largest absolute Gasteiger partial charge is 0.399 e. The maximum absolute atomic E-state index is 13.5. The van der Waals surface area contributed by atoms with Gasteiger partial charge in [-0.05, 0) is 39.0 Å². The average molecular weight is 303 g/mol. The van der Waals surface area contributed by atoms with Crippen LogP contribution in [0.1, 0.15) is 20.8 Å². The van der Waals surface area contributed by atoms with E-state index in [1.165, 1.54) is 6.07 Å². The highest BCUT2D eigenvalue weighted by atomic mass is 32.2. The highest BCUT2D eigenvalue weighted by Gasteiger charge is 2.21. The molecule has 1 aromatic carbocycles. The molecular weight excluding hydrogens is 285 g/mol. The Kier molecular flexibility index (Phi) is 4.72. The van der Waals surface area contributed by atoms with Crippen LogP contribution >= 0.6 is 0 Å². The molecule has 0 fully saturated rings. The van der Waals surface area contributed by atoms with Crippen molar-refractivity contribution in [1.29, 1.82) is 0 Å². The van der Waals surface area contributed by atoms with Gasteiger partial charge in [0.1, 0.15) is 10.7 Å². The van der Waals surface area contributed by atoms with Crippen molar-refractivity contribution in [2.24, 2.45) is 0 Å². The van der Waals surface area contributed by atoms with Gasteiger partial charge in [-0.15, -0.1) is 0 Å². The molecule has 0 spiro atoms. The predicted molar refractivity (Wildman–Crippen MR) is 73.9 cm³/mol. The molecule has 0 aliphatic heterocycles. The zero-order valence-corrected chi connectivity index (χ0v) is 12.3. The fraction of sp³-hybridized carbons (Fsp3) is 0.417. The second-order valence-corrected chi connectivity index (χ2v) is 7.05. The standard InChI is InChI=1S/C12H18FN3O3S/c1-12(2,3)16-11(17)7-15-20(18,19)10-6-8(14)4-5-9(10)13/h4-6,15H,7,14H2,1-3H3,(H,16,17). The van der Waals surface area contributed by atoms with Gasteiger partial charge < -0.3 is 11.1 Å². The third kappa shape index (κ3) is 4.78. The Morgan fingerprint density at radius 1 is 1.35 bits per heavy atom. The monoisotopic (exact) mass is 303 g/mol. The number of hydrogen-bond donors (Lipinski definition) is 3. The first kappa shape index (κ1) is 16.4. The van der Waals surface area contributed by atoms with Gasteiger partial charge in [-0.2, -0.15) is 0 Å². The Labute approximate surface area is 117 Å². The Bertz CT molecular complexity index is 609. The molecule has 1 amide bonds. The van der Waals surface area contributed by atoms with E-state index < -0.39 is 38.7 Å². The fourth-order valence-electron chi connectivity index (χ4n) is 1.43. The van der Waals surface area contributed by atoms with Gasteiger partial charge in [0.05, 0.1) is 6.54 Å². The fourth-order valence-corrected chi connectivity index (χ4v) is 2.52. The summed E-state index contributed by atoms with van der Waals surface area (Å²) in [6.07, 6.45) is 0. The molecule has 0 atom stereocenters. The summed E-state index contributed by atoms with van der Waals surface area (Å²) in [5, 5.41) is 2.58. The summed E-state index contributed by atoms with van der Waals surface area (Å²) >= 11 is 0. The topological polar surface area (TPSA) is 101 Å². The first-order valence-electron chi connectivity index (χ1n) is 5.87. The lowest BCUT2D eigenvalue weighted by molar-refractivity contribution is -0.121. The normalized spacial score (nSPS) is 12.2. The summed E-state index contributed by atoms with van der Waals surface area (Å²) in [6.45, 7) is 4.80. The first-order valence-corrected chi connectivity index (χ1v) is 7.35. The van der Waals surface area contributed by atoms with Gasteiger partial charge in [-0.1, -0.05) is 0 Å². The Balaban J connectivity index is 2.81. The average Bonchev–Trinajstić information content (AvgIpc) is 2.27. The molecule has 0 bridgehead atoms. The van der Waals surface area contributed by atoms with Crippen molar-refractivity contribution >= 4 is 21.6 Å². The van der Waals surface area contributed by atoms with E-state index in [4.69, 9.17) is 5.73 Å². The lowest BCUT2D eigenvalue weighted by Gasteiger charge is -2.20. The number of nitrogens with one attached hydrogen (secondary N) is 2. The highest BCUT2D eigenvalue weighted by molar-refractivity contribution is 7.89. The highest BCUT2D eigenvalue weighted by Crippen LogP contribution is 2.17. The van der Waals surface area contributed by atoms with Crippen LogP contribution in [0.25, 0.3) is 0 Å². The maximum Gasteiger partial charge on any atom is 0.244 e. The molecular formula is C12H18FN3O3S. The number of carbonyl (C=O) groups excluding carboxylic acids is 1. The van der Waals surface area contributed by atoms with Crippen LogP contribution in [0.3, 0.4) is 0 Å². The summed E-state index contributed by atoms with van der Waals surface area (Å²) in [5.41, 5.74) is 5.06. The minimum Gasteiger partial charge on any atom is -0.399 e. The second-order valence-electron chi connectivity index (χ2n) is 5.31. The van der Waals surface area contributed by atoms with Crippen molar-refractivity contribution in [2.75, 3.05) is 12.3 Å². The summed E-state index contributed by atoms with van der Waals surface area (Å²) in [5.74, 6) is -1.44. The molecule has 0 saturated carbocycles. The van der Waals surface area contributed by atoms with Crippen LogP contribution in [-0.4, -0.2) is 26.4 Å². The van der Waals surface area contributed by atoms with E-state index in [-0.39, 0.29) is 5.69 Å². The number of benzene rings is 1. The number of sulfonamides is 1. The molecule has 1 rings (SSSR count). The van der Waals surface area contributed by atoms with Crippen LogP contribution in [0.2, 0.25) is 0 Å². The van der Waals surface area contributed by atoms with E-state index >= 15 is 0 Å². The number of amides is 1. The van der Waals surface area contributed by atoms with Crippen molar-refractivity contribution in [3.05, 3.63) is 24.0 Å². The molecule has 0 unspecified atom stereocenters. The number of nitrogens with two attached hydrogens (primary N) is 1. The van der Waals surface area contributed by atoms with Crippen molar-refractivity contribution in [3.63, 3.8) is 0 Å². The van der Waals surface area contributed by atoms with Gasteiger partial charge in [0.2, 0.25) is 15.9 Å². The van der Waals surface area contributed by atoms with E-state index in [1.807, 2.05) is 4.72 Å². The van der Waals surface area contributed by atoms with Gasteiger partial charge in [-0.25, -0.2) is 17.5 Å². The number of nitrogen functional groups attached to an aromatic ring is 1. The summed E-state index contributed by atoms with van der Waals surface area (Å²) < 4.78 is 39.3. The Morgan fingerprint density at radius 3 is 2.50 bits per heavy atom. The first-order chi connectivity index (χ1) is 9.01. The zero-order chi connectivity index (χ0) is 15.6. The molecule has 1 aromatic rings. The van der Waals surface area contributed by atoms with Crippen LogP contribution in [-0.2, 0) is 14.8 Å². The number of hydrogen-bond acceptors (Lipinski definition) is 4. The smallest absolute Gasteiger partial charge is 0.244 e. The lowest BCUT2D eigenvalue weighted by Crippen LogP contribution is -2.45. The molecule has 20 heavy (non-hydrogen) atoms. The van der Waals surface area contributed by atoms with Crippen LogP contribution in [0.4, 0.5) is 10.1 Å².